The van der Waals surface area contributed by atoms with E-state index < -0.39 is 0 Å². The minimum absolute atomic E-state index is 0.248. The van der Waals surface area contributed by atoms with E-state index in [2.05, 4.69) is 9.88 Å². The number of nitrogens with zero attached hydrogens (tertiary/aromatic N) is 3. The quantitative estimate of drug-likeness (QED) is 0.861. The lowest BCUT2D eigenvalue weighted by Gasteiger charge is -2.40. The molecular weight excluding hydrogens is 282 g/mol. The molecule has 5 heteroatoms. The van der Waals surface area contributed by atoms with E-state index in [1.54, 1.807) is 11.3 Å². The van der Waals surface area contributed by atoms with Crippen molar-refractivity contribution in [2.45, 2.75) is 51.5 Å². The van der Waals surface area contributed by atoms with Gasteiger partial charge in [-0.05, 0) is 45.7 Å². The summed E-state index contributed by atoms with van der Waals surface area (Å²) in [5.74, 6) is 0.248. The molecule has 2 saturated heterocycles. The largest absolute Gasteiger partial charge is 0.342 e. The Bertz CT molecular complexity index is 474. The van der Waals surface area contributed by atoms with E-state index in [0.29, 0.717) is 12.5 Å². The van der Waals surface area contributed by atoms with Gasteiger partial charge in [-0.1, -0.05) is 6.42 Å². The average Bonchev–Trinajstić information content (AvgIpc) is 2.93. The zero-order valence-electron chi connectivity index (χ0n) is 12.9. The van der Waals surface area contributed by atoms with E-state index in [0.717, 1.165) is 36.6 Å². The number of hydrogen-bond donors (Lipinski definition) is 0. The van der Waals surface area contributed by atoms with Crippen LogP contribution >= 0.6 is 11.3 Å². The molecular formula is C16H25N3OS. The van der Waals surface area contributed by atoms with Crippen LogP contribution in [0.25, 0.3) is 0 Å². The highest BCUT2D eigenvalue weighted by Crippen LogP contribution is 2.21. The molecule has 2 aliphatic heterocycles. The third-order valence-corrected chi connectivity index (χ3v) is 5.55. The fourth-order valence-electron chi connectivity index (χ4n) is 3.52. The maximum atomic E-state index is 12.3. The molecule has 3 heterocycles. The first-order valence-corrected chi connectivity index (χ1v) is 9.03. The molecule has 1 aromatic heterocycles. The Balaban J connectivity index is 1.47. The fourth-order valence-corrected chi connectivity index (χ4v) is 4.13. The third-order valence-electron chi connectivity index (χ3n) is 4.72. The van der Waals surface area contributed by atoms with Crippen molar-refractivity contribution < 1.29 is 4.79 Å². The van der Waals surface area contributed by atoms with Gasteiger partial charge in [-0.3, -0.25) is 4.79 Å². The summed E-state index contributed by atoms with van der Waals surface area (Å²) in [5.41, 5.74) is 0.931. The fraction of sp³-hybridized carbons (Fsp3) is 0.750. The summed E-state index contributed by atoms with van der Waals surface area (Å²) in [6.07, 6.45) is 6.84. The number of thiazole rings is 1. The van der Waals surface area contributed by atoms with Gasteiger partial charge in [-0.2, -0.15) is 0 Å². The standard InChI is InChI=1S/C16H25N3OS/c1-13-17-14(12-21-13)11-16(20)19-9-5-15(6-10-19)18-7-3-2-4-8-18/h12,15H,2-11H2,1H3. The number of aryl methyl sites for hydroxylation is 1. The Hall–Kier alpha value is -0.940. The summed E-state index contributed by atoms with van der Waals surface area (Å²) in [5, 5.41) is 3.05. The van der Waals surface area contributed by atoms with Crippen LogP contribution in [0.4, 0.5) is 0 Å². The van der Waals surface area contributed by atoms with Crippen LogP contribution in [-0.4, -0.2) is 52.9 Å². The van der Waals surface area contributed by atoms with E-state index in [1.165, 1.54) is 32.4 Å². The summed E-state index contributed by atoms with van der Waals surface area (Å²) in [6.45, 7) is 6.35. The molecule has 0 spiro atoms. The molecule has 0 saturated carbocycles. The summed E-state index contributed by atoms with van der Waals surface area (Å²) in [4.78, 5) is 21.4. The predicted octanol–water partition coefficient (Wildman–Crippen LogP) is 2.47. The Morgan fingerprint density at radius 2 is 1.95 bits per heavy atom. The molecule has 0 aromatic carbocycles. The zero-order valence-corrected chi connectivity index (χ0v) is 13.7. The third kappa shape index (κ3) is 3.83. The Morgan fingerprint density at radius 3 is 2.57 bits per heavy atom. The Kier molecular flexibility index (Phi) is 4.91. The molecule has 2 aliphatic rings. The second-order valence-corrected chi connectivity index (χ2v) is 7.31. The molecule has 21 heavy (non-hydrogen) atoms. The molecule has 0 aliphatic carbocycles. The smallest absolute Gasteiger partial charge is 0.228 e. The molecule has 116 valence electrons. The molecule has 0 radical (unpaired) electrons. The van der Waals surface area contributed by atoms with Crippen molar-refractivity contribution in [1.29, 1.82) is 0 Å². The summed E-state index contributed by atoms with van der Waals surface area (Å²) in [7, 11) is 0. The van der Waals surface area contributed by atoms with Crippen molar-refractivity contribution in [3.63, 3.8) is 0 Å². The number of hydrogen-bond acceptors (Lipinski definition) is 4. The molecule has 1 aromatic rings. The monoisotopic (exact) mass is 307 g/mol. The molecule has 1 amide bonds. The van der Waals surface area contributed by atoms with Crippen LogP contribution in [0.1, 0.15) is 42.8 Å². The predicted molar refractivity (Wildman–Crippen MR) is 85.6 cm³/mol. The molecule has 0 N–H and O–H groups in total. The molecule has 4 nitrogen and oxygen atoms in total. The number of piperidine rings is 2. The van der Waals surface area contributed by atoms with Gasteiger partial charge in [-0.15, -0.1) is 11.3 Å². The highest BCUT2D eigenvalue weighted by Gasteiger charge is 2.27. The summed E-state index contributed by atoms with van der Waals surface area (Å²) >= 11 is 1.62. The normalized spacial score (nSPS) is 21.7. The van der Waals surface area contributed by atoms with Crippen molar-refractivity contribution in [1.82, 2.24) is 14.8 Å². The van der Waals surface area contributed by atoms with Gasteiger partial charge >= 0.3 is 0 Å². The van der Waals surface area contributed by atoms with E-state index in [9.17, 15) is 4.79 Å². The summed E-state index contributed by atoms with van der Waals surface area (Å²) in [6, 6.07) is 0.705. The van der Waals surface area contributed by atoms with Crippen LogP contribution in [0.5, 0.6) is 0 Å². The van der Waals surface area contributed by atoms with E-state index in [-0.39, 0.29) is 5.91 Å². The average molecular weight is 307 g/mol. The molecule has 0 atom stereocenters. The van der Waals surface area contributed by atoms with Gasteiger partial charge in [0, 0.05) is 24.5 Å². The van der Waals surface area contributed by atoms with Crippen LogP contribution in [0, 0.1) is 6.92 Å². The van der Waals surface area contributed by atoms with Gasteiger partial charge in [0.2, 0.25) is 5.91 Å². The van der Waals surface area contributed by atoms with Crippen molar-refractivity contribution >= 4 is 17.2 Å². The lowest BCUT2D eigenvalue weighted by atomic mass is 9.99. The number of amides is 1. The molecule has 0 unspecified atom stereocenters. The maximum absolute atomic E-state index is 12.3. The van der Waals surface area contributed by atoms with Crippen LogP contribution in [0.3, 0.4) is 0 Å². The maximum Gasteiger partial charge on any atom is 0.228 e. The lowest BCUT2D eigenvalue weighted by molar-refractivity contribution is -0.132. The van der Waals surface area contributed by atoms with Crippen molar-refractivity contribution in [2.24, 2.45) is 0 Å². The first kappa shape index (κ1) is 15.0. The first-order chi connectivity index (χ1) is 10.2. The number of carbonyl (C=O) groups excluding carboxylic acids is 1. The van der Waals surface area contributed by atoms with Gasteiger partial charge in [0.05, 0.1) is 17.1 Å². The number of likely N-dealkylation sites (tertiary alicyclic amines) is 2. The second-order valence-electron chi connectivity index (χ2n) is 6.24. The summed E-state index contributed by atoms with van der Waals surface area (Å²) < 4.78 is 0. The Morgan fingerprint density at radius 1 is 1.24 bits per heavy atom. The SMILES string of the molecule is Cc1nc(CC(=O)N2CCC(N3CCCCC3)CC2)cs1. The van der Waals surface area contributed by atoms with Crippen LogP contribution < -0.4 is 0 Å². The van der Waals surface area contributed by atoms with E-state index in [1.807, 2.05) is 17.2 Å². The van der Waals surface area contributed by atoms with Crippen LogP contribution in [0.2, 0.25) is 0 Å². The van der Waals surface area contributed by atoms with Crippen LogP contribution in [-0.2, 0) is 11.2 Å². The number of rotatable bonds is 3. The lowest BCUT2D eigenvalue weighted by Crippen LogP contribution is -2.48. The van der Waals surface area contributed by atoms with Crippen molar-refractivity contribution in [2.75, 3.05) is 26.2 Å². The second kappa shape index (κ2) is 6.88. The van der Waals surface area contributed by atoms with Crippen LogP contribution in [0.15, 0.2) is 5.38 Å². The minimum Gasteiger partial charge on any atom is -0.342 e. The van der Waals surface area contributed by atoms with Crippen molar-refractivity contribution in [3.8, 4) is 0 Å². The van der Waals surface area contributed by atoms with Crippen molar-refractivity contribution in [3.05, 3.63) is 16.1 Å². The minimum atomic E-state index is 0.248. The molecule has 0 bridgehead atoms. The number of aromatic nitrogens is 1. The van der Waals surface area contributed by atoms with Gasteiger partial charge < -0.3 is 9.80 Å². The van der Waals surface area contributed by atoms with Gasteiger partial charge in [0.15, 0.2) is 0 Å². The zero-order chi connectivity index (χ0) is 14.7. The Labute approximate surface area is 131 Å². The highest BCUT2D eigenvalue weighted by molar-refractivity contribution is 7.09. The van der Waals surface area contributed by atoms with Gasteiger partial charge in [-0.25, -0.2) is 4.98 Å². The number of carbonyl (C=O) groups is 1. The van der Waals surface area contributed by atoms with Gasteiger partial charge in [0.1, 0.15) is 0 Å². The molecule has 3 rings (SSSR count). The van der Waals surface area contributed by atoms with E-state index in [4.69, 9.17) is 0 Å². The van der Waals surface area contributed by atoms with E-state index >= 15 is 0 Å². The molecule has 2 fully saturated rings. The highest BCUT2D eigenvalue weighted by atomic mass is 32.1. The first-order valence-electron chi connectivity index (χ1n) is 8.15. The topological polar surface area (TPSA) is 36.4 Å². The van der Waals surface area contributed by atoms with Gasteiger partial charge in [0.25, 0.3) is 0 Å².